The van der Waals surface area contributed by atoms with Gasteiger partial charge in [-0.2, -0.15) is 13.2 Å². The molecule has 6 heteroatoms. The van der Waals surface area contributed by atoms with Crippen LogP contribution in [0.2, 0.25) is 0 Å². The molecule has 0 bridgehead atoms. The number of nitrogens with zero attached hydrogens (tertiary/aromatic N) is 1. The third-order valence-electron chi connectivity index (χ3n) is 1.81. The van der Waals surface area contributed by atoms with Crippen molar-refractivity contribution in [3.63, 3.8) is 0 Å². The van der Waals surface area contributed by atoms with Crippen LogP contribution in [0, 0.1) is 0 Å². The summed E-state index contributed by atoms with van der Waals surface area (Å²) in [6, 6.07) is -0.386. The second kappa shape index (κ2) is 5.16. The van der Waals surface area contributed by atoms with Gasteiger partial charge in [-0.05, 0) is 13.8 Å². The average Bonchev–Trinajstić information content (AvgIpc) is 1.99. The van der Waals surface area contributed by atoms with Gasteiger partial charge in [0, 0.05) is 18.2 Å². The summed E-state index contributed by atoms with van der Waals surface area (Å²) in [7, 11) is 0. The van der Waals surface area contributed by atoms with E-state index in [0.29, 0.717) is 0 Å². The van der Waals surface area contributed by atoms with E-state index >= 15 is 0 Å². The minimum atomic E-state index is -4.33. The van der Waals surface area contributed by atoms with E-state index in [0.717, 1.165) is 4.90 Å². The van der Waals surface area contributed by atoms with Crippen molar-refractivity contribution in [3.05, 3.63) is 12.2 Å². The summed E-state index contributed by atoms with van der Waals surface area (Å²) in [4.78, 5) is 11.4. The van der Waals surface area contributed by atoms with E-state index in [1.807, 2.05) is 0 Å². The van der Waals surface area contributed by atoms with Gasteiger partial charge in [0.05, 0.1) is 6.54 Å². The second-order valence-electron chi connectivity index (χ2n) is 3.52. The Kier molecular flexibility index (Phi) is 4.80. The Morgan fingerprint density at radius 3 is 2.20 bits per heavy atom. The van der Waals surface area contributed by atoms with Gasteiger partial charge in [-0.15, -0.1) is 0 Å². The maximum absolute atomic E-state index is 12.1. The Balaban J connectivity index is 4.42. The van der Waals surface area contributed by atoms with E-state index in [1.165, 1.54) is 0 Å². The minimum Gasteiger partial charge on any atom is -0.478 e. The van der Waals surface area contributed by atoms with Gasteiger partial charge >= 0.3 is 12.1 Å². The topological polar surface area (TPSA) is 40.5 Å². The zero-order valence-corrected chi connectivity index (χ0v) is 8.64. The fourth-order valence-electron chi connectivity index (χ4n) is 0.964. The highest BCUT2D eigenvalue weighted by Gasteiger charge is 2.32. The third-order valence-corrected chi connectivity index (χ3v) is 1.81. The lowest BCUT2D eigenvalue weighted by Gasteiger charge is -2.27. The van der Waals surface area contributed by atoms with Crippen LogP contribution in [0.3, 0.4) is 0 Å². The van der Waals surface area contributed by atoms with Gasteiger partial charge in [-0.1, -0.05) is 6.58 Å². The van der Waals surface area contributed by atoms with Crippen molar-refractivity contribution in [1.82, 2.24) is 4.90 Å². The predicted molar refractivity (Wildman–Crippen MR) is 49.5 cm³/mol. The Bertz CT molecular complexity index is 248. The van der Waals surface area contributed by atoms with Crippen LogP contribution in [0.5, 0.6) is 0 Å². The largest absolute Gasteiger partial charge is 0.478 e. The van der Waals surface area contributed by atoms with Gasteiger partial charge in [0.15, 0.2) is 0 Å². The van der Waals surface area contributed by atoms with Gasteiger partial charge < -0.3 is 5.11 Å². The molecule has 0 aromatic carbocycles. The first-order valence-corrected chi connectivity index (χ1v) is 4.35. The van der Waals surface area contributed by atoms with E-state index in [9.17, 15) is 18.0 Å². The van der Waals surface area contributed by atoms with Crippen molar-refractivity contribution in [2.75, 3.05) is 13.1 Å². The second-order valence-corrected chi connectivity index (χ2v) is 3.52. The van der Waals surface area contributed by atoms with Gasteiger partial charge in [0.1, 0.15) is 0 Å². The summed E-state index contributed by atoms with van der Waals surface area (Å²) in [5.74, 6) is -1.28. The number of rotatable bonds is 5. The molecule has 0 aromatic heterocycles. The summed E-state index contributed by atoms with van der Waals surface area (Å²) in [6.07, 6.45) is -4.33. The standard InChI is InChI=1S/C9H14F3NO2/c1-6(2)13(5-9(10,11)12)4-7(3)8(14)15/h6H,3-5H2,1-2H3,(H,14,15). The molecule has 3 nitrogen and oxygen atoms in total. The normalized spacial score (nSPS) is 12.2. The van der Waals surface area contributed by atoms with Crippen LogP contribution in [0.15, 0.2) is 12.2 Å². The number of hydrogen-bond acceptors (Lipinski definition) is 2. The molecule has 0 aliphatic rings. The van der Waals surface area contributed by atoms with Crippen LogP contribution in [-0.4, -0.2) is 41.3 Å². The lowest BCUT2D eigenvalue weighted by molar-refractivity contribution is -0.150. The molecule has 0 spiro atoms. The van der Waals surface area contributed by atoms with Crippen molar-refractivity contribution in [2.24, 2.45) is 0 Å². The van der Waals surface area contributed by atoms with Gasteiger partial charge in [-0.3, -0.25) is 4.90 Å². The Morgan fingerprint density at radius 1 is 1.47 bits per heavy atom. The zero-order valence-electron chi connectivity index (χ0n) is 8.64. The first-order chi connectivity index (χ1) is 6.63. The highest BCUT2D eigenvalue weighted by Crippen LogP contribution is 2.18. The molecular formula is C9H14F3NO2. The number of hydrogen-bond donors (Lipinski definition) is 1. The molecule has 0 saturated heterocycles. The monoisotopic (exact) mass is 225 g/mol. The molecule has 15 heavy (non-hydrogen) atoms. The molecule has 88 valence electrons. The number of carboxylic acids is 1. The minimum absolute atomic E-state index is 0.243. The number of halogens is 3. The van der Waals surface area contributed by atoms with Gasteiger partial charge in [-0.25, -0.2) is 4.79 Å². The summed E-state index contributed by atoms with van der Waals surface area (Å²) in [6.45, 7) is 4.93. The lowest BCUT2D eigenvalue weighted by Crippen LogP contribution is -2.40. The molecular weight excluding hydrogens is 211 g/mol. The Hall–Kier alpha value is -1.04. The highest BCUT2D eigenvalue weighted by molar-refractivity contribution is 5.86. The molecule has 0 heterocycles. The van der Waals surface area contributed by atoms with Crippen molar-refractivity contribution in [2.45, 2.75) is 26.1 Å². The number of carboxylic acid groups (broad SMARTS) is 1. The van der Waals surface area contributed by atoms with Crippen LogP contribution >= 0.6 is 0 Å². The first kappa shape index (κ1) is 14.0. The van der Waals surface area contributed by atoms with E-state index in [4.69, 9.17) is 5.11 Å². The molecule has 0 saturated carbocycles. The van der Waals surface area contributed by atoms with E-state index in [1.54, 1.807) is 13.8 Å². The molecule has 0 aliphatic heterocycles. The van der Waals surface area contributed by atoms with Crippen molar-refractivity contribution >= 4 is 5.97 Å². The molecule has 0 atom stereocenters. The highest BCUT2D eigenvalue weighted by atomic mass is 19.4. The maximum Gasteiger partial charge on any atom is 0.401 e. The van der Waals surface area contributed by atoms with Crippen LogP contribution in [0.4, 0.5) is 13.2 Å². The number of aliphatic carboxylic acids is 1. The molecule has 0 radical (unpaired) electrons. The van der Waals surface area contributed by atoms with Gasteiger partial charge in [0.25, 0.3) is 0 Å². The van der Waals surface area contributed by atoms with Crippen molar-refractivity contribution in [1.29, 1.82) is 0 Å². The Labute approximate surface area is 86.2 Å². The Morgan fingerprint density at radius 2 is 1.93 bits per heavy atom. The molecule has 0 aromatic rings. The van der Waals surface area contributed by atoms with Crippen LogP contribution < -0.4 is 0 Å². The van der Waals surface area contributed by atoms with Crippen LogP contribution in [0.1, 0.15) is 13.8 Å². The molecule has 0 rings (SSSR count). The van der Waals surface area contributed by atoms with Crippen molar-refractivity contribution < 1.29 is 23.1 Å². The zero-order chi connectivity index (χ0) is 12.2. The SMILES string of the molecule is C=C(CN(CC(F)(F)F)C(C)C)C(=O)O. The average molecular weight is 225 g/mol. The van der Waals surface area contributed by atoms with E-state index in [2.05, 4.69) is 6.58 Å². The number of alkyl halides is 3. The van der Waals surface area contributed by atoms with Crippen LogP contribution in [0.25, 0.3) is 0 Å². The molecule has 1 N–H and O–H groups in total. The molecule has 0 amide bonds. The predicted octanol–water partition coefficient (Wildman–Crippen LogP) is 1.90. The fraction of sp³-hybridized carbons (Fsp3) is 0.667. The van der Waals surface area contributed by atoms with E-state index in [-0.39, 0.29) is 18.2 Å². The summed E-state index contributed by atoms with van der Waals surface area (Å²) in [5, 5.41) is 8.50. The molecule has 0 aliphatic carbocycles. The molecule has 0 fully saturated rings. The smallest absolute Gasteiger partial charge is 0.401 e. The summed E-state index contributed by atoms with van der Waals surface area (Å²) in [5.41, 5.74) is -0.243. The third kappa shape index (κ3) is 6.11. The van der Waals surface area contributed by atoms with Gasteiger partial charge in [0.2, 0.25) is 0 Å². The quantitative estimate of drug-likeness (QED) is 0.726. The number of carbonyl (C=O) groups is 1. The first-order valence-electron chi connectivity index (χ1n) is 4.35. The lowest BCUT2D eigenvalue weighted by atomic mass is 10.2. The summed E-state index contributed by atoms with van der Waals surface area (Å²) < 4.78 is 36.3. The van der Waals surface area contributed by atoms with Crippen LogP contribution in [-0.2, 0) is 4.79 Å². The maximum atomic E-state index is 12.1. The molecule has 0 unspecified atom stereocenters. The van der Waals surface area contributed by atoms with E-state index < -0.39 is 18.7 Å². The van der Waals surface area contributed by atoms with Crippen molar-refractivity contribution in [3.8, 4) is 0 Å². The fourth-order valence-corrected chi connectivity index (χ4v) is 0.964. The summed E-state index contributed by atoms with van der Waals surface area (Å²) >= 11 is 0.